The smallest absolute Gasteiger partial charge is 0.407 e. The van der Waals surface area contributed by atoms with Gasteiger partial charge >= 0.3 is 28.4 Å². The van der Waals surface area contributed by atoms with Crippen LogP contribution in [-0.2, 0) is 38.4 Å². The maximum atomic E-state index is 12.4. The Morgan fingerprint density at radius 2 is 0.907 bits per heavy atom. The summed E-state index contributed by atoms with van der Waals surface area (Å²) in [6, 6.07) is 0. The highest BCUT2D eigenvalue weighted by Gasteiger charge is 2.20. The molecule has 2 N–H and O–H groups in total. The summed E-state index contributed by atoms with van der Waals surface area (Å²) in [6.45, 7) is 3.12. The summed E-state index contributed by atoms with van der Waals surface area (Å²) in [5.74, 6) is -0.856. The van der Waals surface area contributed by atoms with Gasteiger partial charge in [0.2, 0.25) is 0 Å². The van der Waals surface area contributed by atoms with Gasteiger partial charge in [0.15, 0.2) is 6.10 Å². The Morgan fingerprint density at radius 3 is 1.28 bits per heavy atom. The van der Waals surface area contributed by atoms with Gasteiger partial charge in [-0.15, -0.1) is 0 Å². The highest BCUT2D eigenvalue weighted by atomic mass is 32.3. The first kappa shape index (κ1) is 51.6. The van der Waals surface area contributed by atoms with E-state index in [0.717, 1.165) is 77.0 Å². The van der Waals surface area contributed by atoms with E-state index in [1.54, 1.807) is 0 Å². The number of unbranched alkanes of at least 4 members (excludes halogenated alkanes) is 22. The van der Waals surface area contributed by atoms with Gasteiger partial charge in [0, 0.05) is 19.4 Å². The molecule has 0 atom stereocenters. The molecule has 0 aromatic rings. The minimum Gasteiger partial charge on any atom is -0.462 e. The molecule has 0 spiro atoms. The fourth-order valence-electron chi connectivity index (χ4n) is 5.81. The molecule has 0 saturated heterocycles. The van der Waals surface area contributed by atoms with Gasteiger partial charge < -0.3 is 19.5 Å². The molecule has 0 aliphatic heterocycles. The summed E-state index contributed by atoms with van der Waals surface area (Å²) in [7, 11) is -4.64. The molecule has 0 heterocycles. The van der Waals surface area contributed by atoms with E-state index in [4.69, 9.17) is 18.8 Å². The lowest BCUT2D eigenvalue weighted by Crippen LogP contribution is -2.36. The third-order valence-electron chi connectivity index (χ3n) is 9.02. The molecule has 0 aliphatic rings. The first-order chi connectivity index (χ1) is 26.2. The van der Waals surface area contributed by atoms with Crippen molar-refractivity contribution < 1.29 is 45.7 Å². The number of amides is 1. The second-order valence-corrected chi connectivity index (χ2v) is 15.3. The van der Waals surface area contributed by atoms with E-state index in [9.17, 15) is 22.8 Å². The van der Waals surface area contributed by atoms with Crippen LogP contribution < -0.4 is 5.32 Å². The predicted octanol–water partition coefficient (Wildman–Crippen LogP) is 11.1. The van der Waals surface area contributed by atoms with Crippen molar-refractivity contribution in [1.82, 2.24) is 5.32 Å². The van der Waals surface area contributed by atoms with Gasteiger partial charge in [0.25, 0.3) is 0 Å². The summed E-state index contributed by atoms with van der Waals surface area (Å²) >= 11 is 0. The molecular formula is C42H77NO10S. The van der Waals surface area contributed by atoms with Crippen molar-refractivity contribution in [3.05, 3.63) is 24.3 Å². The van der Waals surface area contributed by atoms with Gasteiger partial charge in [-0.2, -0.15) is 8.42 Å². The monoisotopic (exact) mass is 788 g/mol. The minimum atomic E-state index is -4.64. The summed E-state index contributed by atoms with van der Waals surface area (Å²) in [5.41, 5.74) is 0. The molecular weight excluding hydrogens is 711 g/mol. The molecule has 12 heteroatoms. The second-order valence-electron chi connectivity index (χ2n) is 14.2. The van der Waals surface area contributed by atoms with E-state index in [0.29, 0.717) is 12.8 Å². The fourth-order valence-corrected chi connectivity index (χ4v) is 6.10. The lowest BCUT2D eigenvalue weighted by Gasteiger charge is -2.18. The Labute approximate surface area is 329 Å². The van der Waals surface area contributed by atoms with Gasteiger partial charge in [0.1, 0.15) is 13.2 Å². The third kappa shape index (κ3) is 40.7. The molecule has 0 radical (unpaired) electrons. The quantitative estimate of drug-likeness (QED) is 0.0202. The van der Waals surface area contributed by atoms with Crippen LogP contribution >= 0.6 is 0 Å². The Hall–Kier alpha value is -2.44. The number of carbonyl (C=O) groups is 3. The van der Waals surface area contributed by atoms with Crippen molar-refractivity contribution >= 4 is 28.4 Å². The molecule has 11 nitrogen and oxygen atoms in total. The van der Waals surface area contributed by atoms with E-state index >= 15 is 0 Å². The van der Waals surface area contributed by atoms with Crippen LogP contribution in [0.15, 0.2) is 24.3 Å². The molecule has 0 aliphatic carbocycles. The van der Waals surface area contributed by atoms with Gasteiger partial charge in [-0.25, -0.2) is 8.98 Å². The summed E-state index contributed by atoms with van der Waals surface area (Å²) in [6.07, 6.45) is 37.7. The van der Waals surface area contributed by atoms with Gasteiger partial charge in [-0.3, -0.25) is 14.1 Å². The number of esters is 2. The Morgan fingerprint density at radius 1 is 0.556 bits per heavy atom. The molecule has 0 saturated carbocycles. The zero-order valence-electron chi connectivity index (χ0n) is 34.0. The zero-order chi connectivity index (χ0) is 39.8. The van der Waals surface area contributed by atoms with Crippen molar-refractivity contribution in [1.29, 1.82) is 0 Å². The Kier molecular flexibility index (Phi) is 37.1. The van der Waals surface area contributed by atoms with Crippen LogP contribution in [0.3, 0.4) is 0 Å². The SMILES string of the molecule is CCCCCCCC/C=C/CCCCCCCC(=O)OCC(COC(=O)CCCCCCC/C=C/CCCCCCCC)OC(=O)NCCOS(=O)(=O)O. The average Bonchev–Trinajstić information content (AvgIpc) is 3.14. The molecule has 0 fully saturated rings. The largest absolute Gasteiger partial charge is 0.462 e. The van der Waals surface area contributed by atoms with Crippen molar-refractivity contribution in [2.75, 3.05) is 26.4 Å². The summed E-state index contributed by atoms with van der Waals surface area (Å²) in [5, 5.41) is 2.28. The normalized spacial score (nSPS) is 11.9. The van der Waals surface area contributed by atoms with Crippen LogP contribution in [0, 0.1) is 0 Å². The first-order valence-electron chi connectivity index (χ1n) is 21.4. The number of hydrogen-bond donors (Lipinski definition) is 2. The van der Waals surface area contributed by atoms with Gasteiger partial charge in [0.05, 0.1) is 6.61 Å². The van der Waals surface area contributed by atoms with Crippen molar-refractivity contribution in [2.24, 2.45) is 0 Å². The fraction of sp³-hybridized carbons (Fsp3) is 0.833. The number of allylic oxidation sites excluding steroid dienone is 4. The lowest BCUT2D eigenvalue weighted by molar-refractivity contribution is -0.152. The van der Waals surface area contributed by atoms with Gasteiger partial charge in [-0.1, -0.05) is 141 Å². The molecule has 316 valence electrons. The molecule has 54 heavy (non-hydrogen) atoms. The molecule has 0 aromatic carbocycles. The Bertz CT molecular complexity index is 1010. The molecule has 0 aromatic heterocycles. The highest BCUT2D eigenvalue weighted by Crippen LogP contribution is 2.13. The molecule has 0 bridgehead atoms. The van der Waals surface area contributed by atoms with Crippen LogP contribution in [0.2, 0.25) is 0 Å². The number of nitrogens with one attached hydrogen (secondary N) is 1. The van der Waals surface area contributed by atoms with E-state index in [2.05, 4.69) is 47.7 Å². The molecule has 0 rings (SSSR count). The van der Waals surface area contributed by atoms with Gasteiger partial charge in [-0.05, 0) is 64.2 Å². The van der Waals surface area contributed by atoms with Crippen LogP contribution in [0.4, 0.5) is 4.79 Å². The van der Waals surface area contributed by atoms with E-state index < -0.39 is 41.1 Å². The third-order valence-corrected chi connectivity index (χ3v) is 9.49. The maximum Gasteiger partial charge on any atom is 0.407 e. The topological polar surface area (TPSA) is 155 Å². The number of rotatable bonds is 39. The van der Waals surface area contributed by atoms with Crippen LogP contribution in [0.5, 0.6) is 0 Å². The number of hydrogen-bond acceptors (Lipinski definition) is 9. The molecule has 1 amide bonds. The Balaban J connectivity index is 4.27. The second kappa shape index (κ2) is 38.8. The average molecular weight is 788 g/mol. The minimum absolute atomic E-state index is 0.235. The van der Waals surface area contributed by atoms with Crippen molar-refractivity contribution in [3.8, 4) is 0 Å². The van der Waals surface area contributed by atoms with E-state index in [-0.39, 0.29) is 32.6 Å². The van der Waals surface area contributed by atoms with Crippen LogP contribution in [0.1, 0.15) is 194 Å². The number of alkyl carbamates (subject to hydrolysis) is 1. The molecule has 0 unspecified atom stereocenters. The summed E-state index contributed by atoms with van der Waals surface area (Å²) in [4.78, 5) is 37.0. The van der Waals surface area contributed by atoms with E-state index in [1.165, 1.54) is 77.0 Å². The summed E-state index contributed by atoms with van der Waals surface area (Å²) < 4.78 is 50.1. The highest BCUT2D eigenvalue weighted by molar-refractivity contribution is 7.80. The maximum absolute atomic E-state index is 12.4. The van der Waals surface area contributed by atoms with Crippen LogP contribution in [0.25, 0.3) is 0 Å². The van der Waals surface area contributed by atoms with E-state index in [1.807, 2.05) is 0 Å². The van der Waals surface area contributed by atoms with Crippen molar-refractivity contribution in [3.63, 3.8) is 0 Å². The van der Waals surface area contributed by atoms with Crippen LogP contribution in [-0.4, -0.2) is 63.5 Å². The lowest BCUT2D eigenvalue weighted by atomic mass is 10.1. The first-order valence-corrected chi connectivity index (χ1v) is 22.7. The van der Waals surface area contributed by atoms with Crippen molar-refractivity contribution in [2.45, 2.75) is 200 Å². The predicted molar refractivity (Wildman–Crippen MR) is 217 cm³/mol. The zero-order valence-corrected chi connectivity index (χ0v) is 34.9. The number of ether oxygens (including phenoxy) is 3. The number of carbonyl (C=O) groups excluding carboxylic acids is 3. The standard InChI is InChI=1S/C42H77NO10S/c1-3-5-7-9-11-13-15-17-19-21-23-25-27-29-31-33-40(44)50-37-39(53-42(46)43-35-36-52-54(47,48)49)38-51-41(45)34-32-30-28-26-24-22-20-18-16-14-12-10-8-6-4-2/h17-20,39H,3-16,21-38H2,1-2H3,(H,43,46)(H,47,48,49)/b19-17+,20-18+.